The van der Waals surface area contributed by atoms with E-state index in [1.807, 2.05) is 37.3 Å². The second kappa shape index (κ2) is 7.51. The Labute approximate surface area is 135 Å². The maximum absolute atomic E-state index is 11.6. The summed E-state index contributed by atoms with van der Waals surface area (Å²) in [7, 11) is 0. The third-order valence-corrected chi connectivity index (χ3v) is 3.99. The van der Waals surface area contributed by atoms with Gasteiger partial charge in [-0.1, -0.05) is 30.3 Å². The Morgan fingerprint density at radius 2 is 1.96 bits per heavy atom. The first kappa shape index (κ1) is 16.5. The minimum absolute atomic E-state index is 0.261. The van der Waals surface area contributed by atoms with Crippen LogP contribution in [0.3, 0.4) is 0 Å². The highest BCUT2D eigenvalue weighted by molar-refractivity contribution is 5.57. The van der Waals surface area contributed by atoms with E-state index in [1.54, 1.807) is 6.92 Å². The Kier molecular flexibility index (Phi) is 5.40. The molecule has 126 valence electrons. The molecule has 2 fully saturated rings. The number of ether oxygens (including phenoxy) is 5. The van der Waals surface area contributed by atoms with Crippen LogP contribution in [0.2, 0.25) is 0 Å². The number of carbonyl (C=O) groups excluding carboxylic acids is 1. The van der Waals surface area contributed by atoms with E-state index in [0.717, 1.165) is 11.8 Å². The number of carbonyl (C=O) groups is 1. The number of aldehydes is 1. The SMILES string of the molecule is CC1OC[C@@H]2OC(C)O[C@H]([C@@H](C=O)OCc3ccccc3)[C@@H]2O1. The molecule has 2 unspecified atom stereocenters. The normalized spacial score (nSPS) is 35.3. The Hall–Kier alpha value is -1.31. The highest BCUT2D eigenvalue weighted by atomic mass is 16.8. The fourth-order valence-corrected chi connectivity index (χ4v) is 2.90. The summed E-state index contributed by atoms with van der Waals surface area (Å²) in [6, 6.07) is 9.70. The molecule has 0 radical (unpaired) electrons. The Morgan fingerprint density at radius 3 is 2.70 bits per heavy atom. The number of rotatable bonds is 5. The van der Waals surface area contributed by atoms with E-state index < -0.39 is 18.5 Å². The van der Waals surface area contributed by atoms with Crippen LogP contribution in [-0.2, 0) is 35.1 Å². The number of hydrogen-bond donors (Lipinski definition) is 0. The summed E-state index contributed by atoms with van der Waals surface area (Å²) < 4.78 is 28.5. The average Bonchev–Trinajstić information content (AvgIpc) is 2.56. The lowest BCUT2D eigenvalue weighted by Gasteiger charge is -2.45. The molecule has 1 aromatic rings. The molecule has 3 rings (SSSR count). The summed E-state index contributed by atoms with van der Waals surface area (Å²) in [6.07, 6.45) is -1.92. The lowest BCUT2D eigenvalue weighted by Crippen LogP contribution is -2.60. The van der Waals surface area contributed by atoms with Gasteiger partial charge >= 0.3 is 0 Å². The molecule has 6 atom stereocenters. The predicted octanol–water partition coefficient (Wildman–Crippen LogP) is 1.66. The van der Waals surface area contributed by atoms with Crippen LogP contribution in [0, 0.1) is 0 Å². The van der Waals surface area contributed by atoms with Crippen molar-refractivity contribution < 1.29 is 28.5 Å². The number of hydrogen-bond acceptors (Lipinski definition) is 6. The maximum Gasteiger partial charge on any atom is 0.156 e. The zero-order valence-corrected chi connectivity index (χ0v) is 13.3. The second-order valence-electron chi connectivity index (χ2n) is 5.74. The summed E-state index contributed by atoms with van der Waals surface area (Å²) in [6.45, 7) is 4.36. The second-order valence-corrected chi connectivity index (χ2v) is 5.74. The lowest BCUT2D eigenvalue weighted by molar-refractivity contribution is -0.359. The summed E-state index contributed by atoms with van der Waals surface area (Å²) in [4.78, 5) is 11.6. The maximum atomic E-state index is 11.6. The standard InChI is InChI=1S/C17H22O6/c1-11-19-10-15-17(22-11)16(23-12(2)21-15)14(8-18)20-9-13-6-4-3-5-7-13/h3-8,11-12,14-17H,9-10H2,1-2H3/t11?,12?,14-,15+,16-,17-/m1/s1. The van der Waals surface area contributed by atoms with E-state index >= 15 is 0 Å². The van der Waals surface area contributed by atoms with Gasteiger partial charge in [-0.2, -0.15) is 0 Å². The molecular formula is C17H22O6. The summed E-state index contributed by atoms with van der Waals surface area (Å²) in [5.74, 6) is 0. The quantitative estimate of drug-likeness (QED) is 0.768. The van der Waals surface area contributed by atoms with Gasteiger partial charge in [-0.3, -0.25) is 0 Å². The van der Waals surface area contributed by atoms with Gasteiger partial charge in [-0.15, -0.1) is 0 Å². The summed E-state index contributed by atoms with van der Waals surface area (Å²) >= 11 is 0. The highest BCUT2D eigenvalue weighted by Gasteiger charge is 2.46. The molecule has 0 saturated carbocycles. The third kappa shape index (κ3) is 3.97. The number of fused-ring (bicyclic) bond motifs is 1. The van der Waals surface area contributed by atoms with Gasteiger partial charge in [-0.05, 0) is 19.4 Å². The first-order chi connectivity index (χ1) is 11.2. The molecule has 2 heterocycles. The van der Waals surface area contributed by atoms with E-state index in [2.05, 4.69) is 0 Å². The van der Waals surface area contributed by atoms with Crippen LogP contribution in [0.4, 0.5) is 0 Å². The van der Waals surface area contributed by atoms with E-state index in [1.165, 1.54) is 0 Å². The average molecular weight is 322 g/mol. The van der Waals surface area contributed by atoms with Crippen molar-refractivity contribution in [1.29, 1.82) is 0 Å². The van der Waals surface area contributed by atoms with Crippen molar-refractivity contribution in [2.45, 2.75) is 57.5 Å². The molecule has 0 bridgehead atoms. The van der Waals surface area contributed by atoms with Crippen LogP contribution in [0.1, 0.15) is 19.4 Å². The van der Waals surface area contributed by atoms with Crippen LogP contribution in [0.15, 0.2) is 30.3 Å². The molecule has 6 heteroatoms. The molecule has 0 amide bonds. The smallest absolute Gasteiger partial charge is 0.156 e. The molecule has 0 spiro atoms. The fourth-order valence-electron chi connectivity index (χ4n) is 2.90. The monoisotopic (exact) mass is 322 g/mol. The zero-order valence-electron chi connectivity index (χ0n) is 13.3. The molecule has 2 aliphatic rings. The topological polar surface area (TPSA) is 63.2 Å². The van der Waals surface area contributed by atoms with E-state index in [9.17, 15) is 4.79 Å². The molecule has 6 nitrogen and oxygen atoms in total. The van der Waals surface area contributed by atoms with Gasteiger partial charge in [0.15, 0.2) is 18.9 Å². The van der Waals surface area contributed by atoms with E-state index in [-0.39, 0.29) is 18.5 Å². The van der Waals surface area contributed by atoms with Crippen LogP contribution in [-0.4, -0.2) is 49.9 Å². The molecule has 0 aliphatic carbocycles. The van der Waals surface area contributed by atoms with Gasteiger partial charge in [0, 0.05) is 0 Å². The van der Waals surface area contributed by atoms with Crippen molar-refractivity contribution in [1.82, 2.24) is 0 Å². The van der Waals surface area contributed by atoms with Crippen molar-refractivity contribution in [2.75, 3.05) is 6.61 Å². The van der Waals surface area contributed by atoms with Crippen LogP contribution < -0.4 is 0 Å². The van der Waals surface area contributed by atoms with Gasteiger partial charge < -0.3 is 28.5 Å². The van der Waals surface area contributed by atoms with Gasteiger partial charge in [-0.25, -0.2) is 0 Å². The highest BCUT2D eigenvalue weighted by Crippen LogP contribution is 2.29. The lowest BCUT2D eigenvalue weighted by atomic mass is 10.0. The van der Waals surface area contributed by atoms with Crippen LogP contribution in [0.25, 0.3) is 0 Å². The Bertz CT molecular complexity index is 507. The Balaban J connectivity index is 1.68. The largest absolute Gasteiger partial charge is 0.363 e. The van der Waals surface area contributed by atoms with Crippen molar-refractivity contribution in [3.63, 3.8) is 0 Å². The van der Waals surface area contributed by atoms with E-state index in [0.29, 0.717) is 13.2 Å². The van der Waals surface area contributed by atoms with Crippen molar-refractivity contribution in [3.8, 4) is 0 Å². The predicted molar refractivity (Wildman–Crippen MR) is 80.6 cm³/mol. The van der Waals surface area contributed by atoms with Gasteiger partial charge in [0.1, 0.15) is 24.4 Å². The molecule has 0 aromatic heterocycles. The third-order valence-electron chi connectivity index (χ3n) is 3.99. The molecule has 2 aliphatic heterocycles. The number of benzene rings is 1. The minimum Gasteiger partial charge on any atom is -0.363 e. The van der Waals surface area contributed by atoms with Gasteiger partial charge in [0.05, 0.1) is 13.2 Å². The Morgan fingerprint density at radius 1 is 1.17 bits per heavy atom. The molecular weight excluding hydrogens is 300 g/mol. The first-order valence-corrected chi connectivity index (χ1v) is 7.86. The van der Waals surface area contributed by atoms with Crippen LogP contribution in [0.5, 0.6) is 0 Å². The minimum atomic E-state index is -0.723. The van der Waals surface area contributed by atoms with Gasteiger partial charge in [0.2, 0.25) is 0 Å². The fraction of sp³-hybridized carbons (Fsp3) is 0.588. The first-order valence-electron chi connectivity index (χ1n) is 7.86. The van der Waals surface area contributed by atoms with Crippen molar-refractivity contribution in [3.05, 3.63) is 35.9 Å². The summed E-state index contributed by atoms with van der Waals surface area (Å²) in [5.41, 5.74) is 0.997. The van der Waals surface area contributed by atoms with E-state index in [4.69, 9.17) is 23.7 Å². The molecule has 1 aromatic carbocycles. The van der Waals surface area contributed by atoms with Crippen molar-refractivity contribution >= 4 is 6.29 Å². The van der Waals surface area contributed by atoms with Crippen LogP contribution >= 0.6 is 0 Å². The molecule has 23 heavy (non-hydrogen) atoms. The molecule has 0 N–H and O–H groups in total. The van der Waals surface area contributed by atoms with Crippen molar-refractivity contribution in [2.24, 2.45) is 0 Å². The molecule has 2 saturated heterocycles. The zero-order chi connectivity index (χ0) is 16.2. The summed E-state index contributed by atoms with van der Waals surface area (Å²) in [5, 5.41) is 0. The van der Waals surface area contributed by atoms with Gasteiger partial charge in [0.25, 0.3) is 0 Å².